The Morgan fingerprint density at radius 2 is 1.17 bits per heavy atom. The van der Waals surface area contributed by atoms with Gasteiger partial charge in [-0.05, 0) is 76.3 Å². The first-order valence-corrected chi connectivity index (χ1v) is 12.0. The summed E-state index contributed by atoms with van der Waals surface area (Å²) >= 11 is 0. The van der Waals surface area contributed by atoms with Crippen LogP contribution in [0.3, 0.4) is 0 Å². The Kier molecular flexibility index (Phi) is 5.34. The van der Waals surface area contributed by atoms with Crippen LogP contribution in [0.1, 0.15) is 11.1 Å². The zero-order valence-corrected chi connectivity index (χ0v) is 20.0. The zero-order chi connectivity index (χ0) is 24.8. The number of halogens is 2. The van der Waals surface area contributed by atoms with Gasteiger partial charge in [0.05, 0.1) is 11.3 Å². The number of aromatic nitrogens is 1. The van der Waals surface area contributed by atoms with Gasteiger partial charge in [-0.2, -0.15) is 0 Å². The van der Waals surface area contributed by atoms with E-state index in [1.54, 1.807) is 24.4 Å². The molecule has 1 nitrogen and oxygen atoms in total. The van der Waals surface area contributed by atoms with Crippen LogP contribution in [-0.4, -0.2) is 4.98 Å². The van der Waals surface area contributed by atoms with Crippen molar-refractivity contribution >= 4 is 21.5 Å². The Labute approximate surface area is 208 Å². The fourth-order valence-electron chi connectivity index (χ4n) is 5.19. The highest BCUT2D eigenvalue weighted by atomic mass is 19.1. The Bertz CT molecular complexity index is 1710. The van der Waals surface area contributed by atoms with Crippen LogP contribution < -0.4 is 0 Å². The van der Waals surface area contributed by atoms with Gasteiger partial charge < -0.3 is 0 Å². The molecule has 0 fully saturated rings. The van der Waals surface area contributed by atoms with Crippen molar-refractivity contribution in [1.82, 2.24) is 4.98 Å². The number of fused-ring (bicyclic) bond motifs is 2. The average Bonchev–Trinajstić information content (AvgIpc) is 2.90. The topological polar surface area (TPSA) is 12.9 Å². The lowest BCUT2D eigenvalue weighted by molar-refractivity contribution is 0.592. The summed E-state index contributed by atoms with van der Waals surface area (Å²) in [6, 6.07) is 30.3. The van der Waals surface area contributed by atoms with Crippen molar-refractivity contribution in [2.24, 2.45) is 0 Å². The highest BCUT2D eigenvalue weighted by Crippen LogP contribution is 2.46. The van der Waals surface area contributed by atoms with Crippen molar-refractivity contribution in [2.45, 2.75) is 13.8 Å². The minimum Gasteiger partial charge on any atom is -0.256 e. The van der Waals surface area contributed by atoms with Crippen molar-refractivity contribution in [1.29, 1.82) is 0 Å². The first kappa shape index (κ1) is 22.1. The maximum Gasteiger partial charge on any atom is 0.143 e. The van der Waals surface area contributed by atoms with Gasteiger partial charge in [-0.25, -0.2) is 8.78 Å². The van der Waals surface area contributed by atoms with Gasteiger partial charge >= 0.3 is 0 Å². The first-order valence-electron chi connectivity index (χ1n) is 12.0. The molecule has 1 aromatic heterocycles. The van der Waals surface area contributed by atoms with E-state index in [2.05, 4.69) is 37.0 Å². The van der Waals surface area contributed by atoms with Crippen molar-refractivity contribution in [3.05, 3.63) is 126 Å². The molecule has 0 spiro atoms. The van der Waals surface area contributed by atoms with Gasteiger partial charge in [-0.1, -0.05) is 78.4 Å². The van der Waals surface area contributed by atoms with E-state index in [1.807, 2.05) is 48.5 Å². The van der Waals surface area contributed by atoms with Crippen molar-refractivity contribution in [2.75, 3.05) is 0 Å². The van der Waals surface area contributed by atoms with Crippen LogP contribution >= 0.6 is 0 Å². The van der Waals surface area contributed by atoms with Crippen LogP contribution in [0.25, 0.3) is 55.1 Å². The molecule has 0 bridgehead atoms. The molecule has 0 aliphatic heterocycles. The summed E-state index contributed by atoms with van der Waals surface area (Å²) in [4.78, 5) is 4.31. The second kappa shape index (κ2) is 8.69. The second-order valence-corrected chi connectivity index (χ2v) is 9.16. The summed E-state index contributed by atoms with van der Waals surface area (Å²) in [6.45, 7) is 4.18. The summed E-state index contributed by atoms with van der Waals surface area (Å²) in [5.41, 5.74) is 5.79. The molecule has 0 unspecified atom stereocenters. The molecule has 0 amide bonds. The highest BCUT2D eigenvalue weighted by molar-refractivity contribution is 6.21. The van der Waals surface area contributed by atoms with Crippen LogP contribution in [0.2, 0.25) is 0 Å². The molecule has 3 heteroatoms. The van der Waals surface area contributed by atoms with Crippen LogP contribution in [0.4, 0.5) is 8.78 Å². The number of hydrogen-bond donors (Lipinski definition) is 0. The Morgan fingerprint density at radius 3 is 1.78 bits per heavy atom. The average molecular weight is 472 g/mol. The molecule has 0 saturated carbocycles. The molecule has 5 aromatic carbocycles. The van der Waals surface area contributed by atoms with Crippen LogP contribution in [0.5, 0.6) is 0 Å². The van der Waals surface area contributed by atoms with Crippen LogP contribution in [-0.2, 0) is 0 Å². The lowest BCUT2D eigenvalue weighted by atomic mass is 9.84. The fraction of sp³-hybridized carbons (Fsp3) is 0.0606. The number of aryl methyl sites for hydroxylation is 2. The maximum atomic E-state index is 16.2. The van der Waals surface area contributed by atoms with Crippen molar-refractivity contribution < 1.29 is 8.78 Å². The quantitative estimate of drug-likeness (QED) is 0.234. The lowest BCUT2D eigenvalue weighted by Gasteiger charge is -2.20. The first-order chi connectivity index (χ1) is 17.5. The smallest absolute Gasteiger partial charge is 0.143 e. The largest absolute Gasteiger partial charge is 0.256 e. The van der Waals surface area contributed by atoms with E-state index in [1.165, 1.54) is 12.1 Å². The predicted molar refractivity (Wildman–Crippen MR) is 145 cm³/mol. The monoisotopic (exact) mass is 471 g/mol. The normalized spacial score (nSPS) is 11.3. The molecule has 0 N–H and O–H groups in total. The van der Waals surface area contributed by atoms with Crippen molar-refractivity contribution in [3.8, 4) is 33.5 Å². The minimum absolute atomic E-state index is 0.0296. The van der Waals surface area contributed by atoms with Gasteiger partial charge in [0.1, 0.15) is 11.6 Å². The summed E-state index contributed by atoms with van der Waals surface area (Å²) in [7, 11) is 0. The zero-order valence-electron chi connectivity index (χ0n) is 20.0. The van der Waals surface area contributed by atoms with Gasteiger partial charge in [0.2, 0.25) is 0 Å². The lowest BCUT2D eigenvalue weighted by Crippen LogP contribution is -1.98. The number of pyridine rings is 1. The predicted octanol–water partition coefficient (Wildman–Crippen LogP) is 9.28. The van der Waals surface area contributed by atoms with Gasteiger partial charge in [-0.15, -0.1) is 0 Å². The molecule has 0 saturated heterocycles. The Morgan fingerprint density at radius 1 is 0.556 bits per heavy atom. The number of benzene rings is 5. The van der Waals surface area contributed by atoms with E-state index in [0.717, 1.165) is 43.8 Å². The second-order valence-electron chi connectivity index (χ2n) is 9.16. The van der Waals surface area contributed by atoms with Gasteiger partial charge in [-0.3, -0.25) is 4.98 Å². The van der Waals surface area contributed by atoms with Gasteiger partial charge in [0, 0.05) is 17.3 Å². The molecular formula is C33H23F2N. The fourth-order valence-corrected chi connectivity index (χ4v) is 5.19. The van der Waals surface area contributed by atoms with Crippen LogP contribution in [0, 0.1) is 25.5 Å². The third kappa shape index (κ3) is 3.47. The summed E-state index contributed by atoms with van der Waals surface area (Å²) in [5, 5.41) is 3.54. The molecule has 1 heterocycles. The molecule has 0 aliphatic rings. The van der Waals surface area contributed by atoms with Crippen LogP contribution in [0.15, 0.2) is 103 Å². The third-order valence-corrected chi connectivity index (χ3v) is 6.88. The Balaban J connectivity index is 1.78. The molecule has 0 radical (unpaired) electrons. The molecule has 6 aromatic rings. The van der Waals surface area contributed by atoms with E-state index in [0.29, 0.717) is 11.3 Å². The minimum atomic E-state index is -0.608. The number of rotatable bonds is 3. The van der Waals surface area contributed by atoms with Crippen molar-refractivity contribution in [3.63, 3.8) is 0 Å². The standard InChI is InChI=1S/C33H23F2N/c1-20-14-15-21(2)27(19-20)30-22-9-3-5-11-24(22)31(25-12-6-4-10-23(25)30)32-28(34)17-16-26(33(32)35)29-13-7-8-18-36-29/h3-19H,1-2H3. The van der Waals surface area contributed by atoms with Gasteiger partial charge in [0.25, 0.3) is 0 Å². The third-order valence-electron chi connectivity index (χ3n) is 6.88. The molecular weight excluding hydrogens is 448 g/mol. The van der Waals surface area contributed by atoms with E-state index in [4.69, 9.17) is 0 Å². The Hall–Kier alpha value is -4.37. The molecule has 6 rings (SSSR count). The van der Waals surface area contributed by atoms with E-state index >= 15 is 8.78 Å². The van der Waals surface area contributed by atoms with E-state index < -0.39 is 11.6 Å². The molecule has 0 atom stereocenters. The van der Waals surface area contributed by atoms with E-state index in [-0.39, 0.29) is 11.1 Å². The number of hydrogen-bond acceptors (Lipinski definition) is 1. The summed E-state index contributed by atoms with van der Waals surface area (Å²) in [6.07, 6.45) is 1.61. The number of nitrogens with zero attached hydrogens (tertiary/aromatic N) is 1. The molecule has 36 heavy (non-hydrogen) atoms. The maximum absolute atomic E-state index is 16.2. The van der Waals surface area contributed by atoms with Gasteiger partial charge in [0.15, 0.2) is 0 Å². The molecule has 0 aliphatic carbocycles. The SMILES string of the molecule is Cc1ccc(C)c(-c2c3ccccc3c(-c3c(F)ccc(-c4ccccn4)c3F)c3ccccc23)c1. The highest BCUT2D eigenvalue weighted by Gasteiger charge is 2.23. The summed E-state index contributed by atoms with van der Waals surface area (Å²) < 4.78 is 31.8. The summed E-state index contributed by atoms with van der Waals surface area (Å²) in [5.74, 6) is -1.20. The molecule has 174 valence electrons. The van der Waals surface area contributed by atoms with E-state index in [9.17, 15) is 0 Å².